The zero-order valence-electron chi connectivity index (χ0n) is 13.0. The Balaban J connectivity index is 2.06. The van der Waals surface area contributed by atoms with Gasteiger partial charge in [0.15, 0.2) is 0 Å². The molecule has 6 heteroatoms. The lowest BCUT2D eigenvalue weighted by Crippen LogP contribution is -2.04. The van der Waals surface area contributed by atoms with Crippen molar-refractivity contribution >= 4 is 34.6 Å². The van der Waals surface area contributed by atoms with Crippen LogP contribution in [0.15, 0.2) is 42.7 Å². The van der Waals surface area contributed by atoms with Crippen molar-refractivity contribution in [3.63, 3.8) is 0 Å². The number of aromatic nitrogens is 2. The molecule has 1 aromatic carbocycles. The van der Waals surface area contributed by atoms with E-state index in [4.69, 9.17) is 17.3 Å². The van der Waals surface area contributed by atoms with Crippen LogP contribution in [0.2, 0.25) is 5.02 Å². The first-order valence-corrected chi connectivity index (χ1v) is 7.76. The number of aromatic amines is 1. The number of H-pyrrole nitrogens is 1. The van der Waals surface area contributed by atoms with Crippen LogP contribution in [0.5, 0.6) is 0 Å². The fourth-order valence-electron chi connectivity index (χ4n) is 2.54. The van der Waals surface area contributed by atoms with Crippen molar-refractivity contribution in [2.24, 2.45) is 5.73 Å². The zero-order valence-corrected chi connectivity index (χ0v) is 13.7. The third-order valence-corrected chi connectivity index (χ3v) is 4.10. The maximum Gasteiger partial charge on any atom is 0.241 e. The van der Waals surface area contributed by atoms with Gasteiger partial charge in [0.25, 0.3) is 0 Å². The quantitative estimate of drug-likeness (QED) is 0.635. The van der Waals surface area contributed by atoms with E-state index in [1.807, 2.05) is 12.1 Å². The number of amides is 1. The molecule has 3 rings (SSSR count). The number of hydrogen-bond acceptors (Lipinski definition) is 3. The number of carbonyl (C=O) groups is 1. The summed E-state index contributed by atoms with van der Waals surface area (Å²) in [6.45, 7) is 1.67. The minimum absolute atomic E-state index is 0.505. The fraction of sp³-hybridized carbons (Fsp3) is 0.111. The van der Waals surface area contributed by atoms with E-state index in [0.29, 0.717) is 10.6 Å². The molecule has 0 aliphatic carbocycles. The molecule has 24 heavy (non-hydrogen) atoms. The van der Waals surface area contributed by atoms with E-state index < -0.39 is 12.0 Å². The Labute approximate surface area is 143 Å². The molecule has 0 aliphatic heterocycles. The van der Waals surface area contributed by atoms with Crippen LogP contribution in [-0.2, 0) is 4.79 Å². The second-order valence-corrected chi connectivity index (χ2v) is 5.92. The summed E-state index contributed by atoms with van der Waals surface area (Å²) in [6.07, 6.45) is 5.85. The summed E-state index contributed by atoms with van der Waals surface area (Å²) in [5.74, 6) is -0.506. The minimum Gasteiger partial charge on any atom is -0.389 e. The van der Waals surface area contributed by atoms with Gasteiger partial charge in [0.2, 0.25) is 5.91 Å². The van der Waals surface area contributed by atoms with Crippen LogP contribution in [0, 0.1) is 0 Å². The minimum atomic E-state index is -0.623. The number of carbonyl (C=O) groups excluding carboxylic acids is 1. The van der Waals surface area contributed by atoms with Gasteiger partial charge in [0.1, 0.15) is 5.65 Å². The fourth-order valence-corrected chi connectivity index (χ4v) is 2.88. The largest absolute Gasteiger partial charge is 0.389 e. The summed E-state index contributed by atoms with van der Waals surface area (Å²) in [4.78, 5) is 18.4. The summed E-state index contributed by atoms with van der Waals surface area (Å²) in [7, 11) is 0. The maximum atomic E-state index is 10.9. The van der Waals surface area contributed by atoms with Crippen molar-refractivity contribution in [1.29, 1.82) is 0 Å². The molecule has 3 aromatic rings. The molecule has 122 valence electrons. The van der Waals surface area contributed by atoms with Crippen LogP contribution >= 0.6 is 11.6 Å². The van der Waals surface area contributed by atoms with Crippen LogP contribution in [0.3, 0.4) is 0 Å². The standard InChI is InChI=1S/C18H16ClN3O2/c1-10(23)14-4-2-11(7-16(14)19)13-6-15-12(3-5-17(20)24)8-21-18(15)22-9-13/h2-10,23H,1H3,(H2,20,24)(H,21,22). The normalized spacial score (nSPS) is 12.8. The van der Waals surface area contributed by atoms with Crippen LogP contribution in [0.4, 0.5) is 0 Å². The molecule has 1 amide bonds. The summed E-state index contributed by atoms with van der Waals surface area (Å²) in [5, 5.41) is 11.1. The predicted molar refractivity (Wildman–Crippen MR) is 95.4 cm³/mol. The average molecular weight is 342 g/mol. The number of aliphatic hydroxyl groups excluding tert-OH is 1. The molecular weight excluding hydrogens is 326 g/mol. The molecule has 5 nitrogen and oxygen atoms in total. The molecule has 0 saturated heterocycles. The number of fused-ring (bicyclic) bond motifs is 1. The maximum absolute atomic E-state index is 10.9. The molecule has 2 aromatic heterocycles. The zero-order chi connectivity index (χ0) is 17.3. The highest BCUT2D eigenvalue weighted by Gasteiger charge is 2.10. The molecule has 0 bridgehead atoms. The van der Waals surface area contributed by atoms with Crippen molar-refractivity contribution in [2.45, 2.75) is 13.0 Å². The van der Waals surface area contributed by atoms with Gasteiger partial charge in [-0.1, -0.05) is 23.7 Å². The molecule has 0 saturated carbocycles. The number of pyridine rings is 1. The van der Waals surface area contributed by atoms with E-state index in [2.05, 4.69) is 9.97 Å². The third-order valence-electron chi connectivity index (χ3n) is 3.77. The SMILES string of the molecule is CC(O)c1ccc(-c2cnc3[nH]cc(C=CC(N)=O)c3c2)cc1Cl. The Kier molecular flexibility index (Phi) is 4.38. The molecule has 1 atom stereocenters. The number of primary amides is 1. The Morgan fingerprint density at radius 2 is 2.17 bits per heavy atom. The lowest BCUT2D eigenvalue weighted by atomic mass is 10.0. The molecule has 0 radical (unpaired) electrons. The molecule has 2 heterocycles. The molecule has 0 aliphatic rings. The summed E-state index contributed by atoms with van der Waals surface area (Å²) >= 11 is 6.24. The number of aliphatic hydroxyl groups is 1. The lowest BCUT2D eigenvalue weighted by molar-refractivity contribution is -0.113. The summed E-state index contributed by atoms with van der Waals surface area (Å²) < 4.78 is 0. The highest BCUT2D eigenvalue weighted by Crippen LogP contribution is 2.30. The number of nitrogens with zero attached hydrogens (tertiary/aromatic N) is 1. The van der Waals surface area contributed by atoms with E-state index in [1.54, 1.807) is 37.5 Å². The van der Waals surface area contributed by atoms with Crippen molar-refractivity contribution in [3.05, 3.63) is 58.9 Å². The Bertz CT molecular complexity index is 945. The van der Waals surface area contributed by atoms with Gasteiger partial charge in [-0.05, 0) is 36.3 Å². The van der Waals surface area contributed by atoms with Crippen molar-refractivity contribution in [1.82, 2.24) is 9.97 Å². The first kappa shape index (κ1) is 16.2. The Morgan fingerprint density at radius 1 is 1.38 bits per heavy atom. The van der Waals surface area contributed by atoms with Gasteiger partial charge in [-0.3, -0.25) is 4.79 Å². The number of rotatable bonds is 4. The third kappa shape index (κ3) is 3.18. The number of benzene rings is 1. The molecule has 1 unspecified atom stereocenters. The monoisotopic (exact) mass is 341 g/mol. The second kappa shape index (κ2) is 6.47. The first-order chi connectivity index (χ1) is 11.5. The highest BCUT2D eigenvalue weighted by molar-refractivity contribution is 6.31. The second-order valence-electron chi connectivity index (χ2n) is 5.51. The van der Waals surface area contributed by atoms with Crippen molar-refractivity contribution < 1.29 is 9.90 Å². The van der Waals surface area contributed by atoms with Gasteiger partial charge < -0.3 is 15.8 Å². The van der Waals surface area contributed by atoms with Crippen molar-refractivity contribution in [3.8, 4) is 11.1 Å². The summed E-state index contributed by atoms with van der Waals surface area (Å²) in [6, 6.07) is 7.46. The van der Waals surface area contributed by atoms with Crippen LogP contribution in [0.1, 0.15) is 24.2 Å². The van der Waals surface area contributed by atoms with E-state index in [0.717, 1.165) is 27.7 Å². The van der Waals surface area contributed by atoms with E-state index in [1.165, 1.54) is 6.08 Å². The Morgan fingerprint density at radius 3 is 2.83 bits per heavy atom. The van der Waals surface area contributed by atoms with Crippen molar-refractivity contribution in [2.75, 3.05) is 0 Å². The van der Waals surface area contributed by atoms with Crippen LogP contribution in [0.25, 0.3) is 28.2 Å². The van der Waals surface area contributed by atoms with E-state index in [-0.39, 0.29) is 0 Å². The Hall–Kier alpha value is -2.63. The number of nitrogens with one attached hydrogen (secondary N) is 1. The van der Waals surface area contributed by atoms with Gasteiger partial charge in [-0.15, -0.1) is 0 Å². The van der Waals surface area contributed by atoms with Gasteiger partial charge in [-0.2, -0.15) is 0 Å². The van der Waals surface area contributed by atoms with Crippen LogP contribution in [-0.4, -0.2) is 21.0 Å². The molecule has 4 N–H and O–H groups in total. The molecule has 0 fully saturated rings. The number of hydrogen-bond donors (Lipinski definition) is 3. The summed E-state index contributed by atoms with van der Waals surface area (Å²) in [5.41, 5.74) is 9.14. The van der Waals surface area contributed by atoms with Crippen LogP contribution < -0.4 is 5.73 Å². The van der Waals surface area contributed by atoms with Gasteiger partial charge in [0, 0.05) is 40.0 Å². The number of halogens is 1. The lowest BCUT2D eigenvalue weighted by Gasteiger charge is -2.09. The topological polar surface area (TPSA) is 92.0 Å². The first-order valence-electron chi connectivity index (χ1n) is 7.38. The number of nitrogens with two attached hydrogens (primary N) is 1. The van der Waals surface area contributed by atoms with E-state index in [9.17, 15) is 9.90 Å². The predicted octanol–water partition coefficient (Wildman–Crippen LogP) is 3.44. The highest BCUT2D eigenvalue weighted by atomic mass is 35.5. The smallest absolute Gasteiger partial charge is 0.241 e. The van der Waals surface area contributed by atoms with E-state index >= 15 is 0 Å². The molecular formula is C18H16ClN3O2. The average Bonchev–Trinajstić information content (AvgIpc) is 2.94. The van der Waals surface area contributed by atoms with Gasteiger partial charge >= 0.3 is 0 Å². The van der Waals surface area contributed by atoms with Gasteiger partial charge in [-0.25, -0.2) is 4.98 Å². The molecule has 0 spiro atoms. The van der Waals surface area contributed by atoms with Gasteiger partial charge in [0.05, 0.1) is 6.10 Å².